The molecule has 19 heavy (non-hydrogen) atoms. The molecule has 0 saturated carbocycles. The van der Waals surface area contributed by atoms with Gasteiger partial charge in [-0.1, -0.05) is 24.3 Å². The number of benzene rings is 1. The summed E-state index contributed by atoms with van der Waals surface area (Å²) in [7, 11) is 0. The molecule has 0 spiro atoms. The molecule has 0 unspecified atom stereocenters. The fourth-order valence-corrected chi connectivity index (χ4v) is 2.51. The van der Waals surface area contributed by atoms with Crippen LogP contribution < -0.4 is 10.2 Å². The number of carboxylic acids is 1. The van der Waals surface area contributed by atoms with Crippen LogP contribution in [0.25, 0.3) is 10.8 Å². The number of nitrogens with one attached hydrogen (secondary N) is 1. The van der Waals surface area contributed by atoms with Gasteiger partial charge in [-0.2, -0.15) is 0 Å². The smallest absolute Gasteiger partial charge is 0.355 e. The number of pyridine rings is 1. The molecule has 1 aliphatic rings. The van der Waals surface area contributed by atoms with Gasteiger partial charge in [-0.3, -0.25) is 0 Å². The first kappa shape index (κ1) is 11.9. The van der Waals surface area contributed by atoms with E-state index in [1.54, 1.807) is 6.20 Å². The van der Waals surface area contributed by atoms with Gasteiger partial charge >= 0.3 is 5.97 Å². The maximum Gasteiger partial charge on any atom is 0.355 e. The number of nitrogens with zero attached hydrogens (tertiary/aromatic N) is 2. The Labute approximate surface area is 110 Å². The van der Waals surface area contributed by atoms with Crippen LogP contribution in [0.5, 0.6) is 0 Å². The van der Waals surface area contributed by atoms with Crippen molar-refractivity contribution in [1.29, 1.82) is 0 Å². The van der Waals surface area contributed by atoms with Gasteiger partial charge < -0.3 is 15.3 Å². The molecule has 1 aromatic heterocycles. The SMILES string of the molecule is O=C(O)c1ncc(N2CCNCC2)c2ccccc12. The largest absolute Gasteiger partial charge is 0.476 e. The Bertz CT molecular complexity index is 621. The van der Waals surface area contributed by atoms with Crippen molar-refractivity contribution in [3.8, 4) is 0 Å². The number of fused-ring (bicyclic) bond motifs is 1. The Morgan fingerprint density at radius 2 is 1.89 bits per heavy atom. The van der Waals surface area contributed by atoms with Crippen LogP contribution in [0.1, 0.15) is 10.5 Å². The van der Waals surface area contributed by atoms with E-state index in [9.17, 15) is 9.90 Å². The number of piperazine rings is 1. The van der Waals surface area contributed by atoms with Gasteiger partial charge in [0.1, 0.15) is 0 Å². The number of aromatic carboxylic acids is 1. The second-order valence-corrected chi connectivity index (χ2v) is 4.58. The summed E-state index contributed by atoms with van der Waals surface area (Å²) in [5.41, 5.74) is 1.14. The first-order chi connectivity index (χ1) is 9.27. The quantitative estimate of drug-likeness (QED) is 0.850. The molecule has 2 aromatic rings. The number of hydrogen-bond donors (Lipinski definition) is 2. The number of aromatic nitrogens is 1. The minimum Gasteiger partial charge on any atom is -0.476 e. The third-order valence-electron chi connectivity index (χ3n) is 3.43. The van der Waals surface area contributed by atoms with E-state index in [4.69, 9.17) is 0 Å². The summed E-state index contributed by atoms with van der Waals surface area (Å²) < 4.78 is 0. The maximum absolute atomic E-state index is 11.2. The van der Waals surface area contributed by atoms with Gasteiger partial charge in [-0.05, 0) is 0 Å². The Balaban J connectivity index is 2.15. The Morgan fingerprint density at radius 3 is 2.58 bits per heavy atom. The summed E-state index contributed by atoms with van der Waals surface area (Å²) in [6, 6.07) is 7.55. The van der Waals surface area contributed by atoms with E-state index in [1.807, 2.05) is 24.3 Å². The summed E-state index contributed by atoms with van der Waals surface area (Å²) >= 11 is 0. The first-order valence-electron chi connectivity index (χ1n) is 6.34. The van der Waals surface area contributed by atoms with Crippen LogP contribution in [0.15, 0.2) is 30.5 Å². The molecule has 0 bridgehead atoms. The predicted octanol–water partition coefficient (Wildman–Crippen LogP) is 1.34. The van der Waals surface area contributed by atoms with Gasteiger partial charge in [0, 0.05) is 37.0 Å². The Morgan fingerprint density at radius 1 is 1.21 bits per heavy atom. The second-order valence-electron chi connectivity index (χ2n) is 4.58. The molecule has 1 aromatic carbocycles. The molecular formula is C14H15N3O2. The lowest BCUT2D eigenvalue weighted by Gasteiger charge is -2.30. The number of carboxylic acid groups (broad SMARTS) is 1. The topological polar surface area (TPSA) is 65.5 Å². The zero-order valence-electron chi connectivity index (χ0n) is 10.5. The van der Waals surface area contributed by atoms with Crippen molar-refractivity contribution < 1.29 is 9.90 Å². The molecule has 3 rings (SSSR count). The van der Waals surface area contributed by atoms with Gasteiger partial charge in [0.2, 0.25) is 0 Å². The molecule has 5 heteroatoms. The summed E-state index contributed by atoms with van der Waals surface area (Å²) in [5.74, 6) is -0.983. The van der Waals surface area contributed by atoms with Gasteiger partial charge in [0.25, 0.3) is 0 Å². The summed E-state index contributed by atoms with van der Waals surface area (Å²) in [6.45, 7) is 3.71. The zero-order valence-corrected chi connectivity index (χ0v) is 10.5. The average molecular weight is 257 g/mol. The second kappa shape index (κ2) is 4.85. The van der Waals surface area contributed by atoms with Crippen molar-refractivity contribution >= 4 is 22.4 Å². The summed E-state index contributed by atoms with van der Waals surface area (Å²) in [5, 5.41) is 14.2. The van der Waals surface area contributed by atoms with Gasteiger partial charge in [0.05, 0.1) is 11.9 Å². The Hall–Kier alpha value is -2.14. The van der Waals surface area contributed by atoms with Gasteiger partial charge in [-0.15, -0.1) is 0 Å². The highest BCUT2D eigenvalue weighted by Gasteiger charge is 2.17. The minimum atomic E-state index is -0.983. The van der Waals surface area contributed by atoms with E-state index in [0.717, 1.165) is 37.3 Å². The maximum atomic E-state index is 11.2. The molecule has 5 nitrogen and oxygen atoms in total. The predicted molar refractivity (Wildman–Crippen MR) is 73.8 cm³/mol. The molecule has 1 saturated heterocycles. The highest BCUT2D eigenvalue weighted by molar-refractivity contribution is 6.06. The molecule has 1 fully saturated rings. The molecule has 0 amide bonds. The molecule has 2 heterocycles. The average Bonchev–Trinajstić information content (AvgIpc) is 2.47. The molecule has 0 atom stereocenters. The number of rotatable bonds is 2. The van der Waals surface area contributed by atoms with Crippen LogP contribution in [-0.2, 0) is 0 Å². The number of anilines is 1. The van der Waals surface area contributed by atoms with Crippen LogP contribution in [0, 0.1) is 0 Å². The van der Waals surface area contributed by atoms with Gasteiger partial charge in [0.15, 0.2) is 5.69 Å². The van der Waals surface area contributed by atoms with E-state index in [2.05, 4.69) is 15.2 Å². The normalized spacial score (nSPS) is 15.7. The van der Waals surface area contributed by atoms with Crippen LogP contribution in [0.4, 0.5) is 5.69 Å². The lowest BCUT2D eigenvalue weighted by molar-refractivity contribution is 0.0693. The number of hydrogen-bond acceptors (Lipinski definition) is 4. The third-order valence-corrected chi connectivity index (χ3v) is 3.43. The molecule has 2 N–H and O–H groups in total. The Kier molecular flexibility index (Phi) is 3.05. The van der Waals surface area contributed by atoms with Crippen molar-refractivity contribution in [2.24, 2.45) is 0 Å². The summed E-state index contributed by atoms with van der Waals surface area (Å²) in [4.78, 5) is 17.6. The van der Waals surface area contributed by atoms with E-state index >= 15 is 0 Å². The fourth-order valence-electron chi connectivity index (χ4n) is 2.51. The first-order valence-corrected chi connectivity index (χ1v) is 6.34. The van der Waals surface area contributed by atoms with Gasteiger partial charge in [-0.25, -0.2) is 9.78 Å². The molecule has 1 aliphatic heterocycles. The van der Waals surface area contributed by atoms with Crippen LogP contribution in [0.2, 0.25) is 0 Å². The molecule has 0 aliphatic carbocycles. The summed E-state index contributed by atoms with van der Waals surface area (Å²) in [6.07, 6.45) is 1.68. The van der Waals surface area contributed by atoms with E-state index in [-0.39, 0.29) is 5.69 Å². The molecular weight excluding hydrogens is 242 g/mol. The van der Waals surface area contributed by atoms with Crippen LogP contribution in [-0.4, -0.2) is 42.2 Å². The van der Waals surface area contributed by atoms with Crippen molar-refractivity contribution in [3.05, 3.63) is 36.2 Å². The lowest BCUT2D eigenvalue weighted by atomic mass is 10.1. The lowest BCUT2D eigenvalue weighted by Crippen LogP contribution is -2.43. The highest BCUT2D eigenvalue weighted by atomic mass is 16.4. The van der Waals surface area contributed by atoms with Crippen LogP contribution >= 0.6 is 0 Å². The minimum absolute atomic E-state index is 0.120. The van der Waals surface area contributed by atoms with Crippen molar-refractivity contribution in [1.82, 2.24) is 10.3 Å². The van der Waals surface area contributed by atoms with E-state index in [0.29, 0.717) is 5.39 Å². The third kappa shape index (κ3) is 2.13. The van der Waals surface area contributed by atoms with Crippen molar-refractivity contribution in [2.75, 3.05) is 31.1 Å². The van der Waals surface area contributed by atoms with Crippen LogP contribution in [0.3, 0.4) is 0 Å². The van der Waals surface area contributed by atoms with E-state index in [1.165, 1.54) is 0 Å². The van der Waals surface area contributed by atoms with Crippen molar-refractivity contribution in [2.45, 2.75) is 0 Å². The standard InChI is InChI=1S/C14H15N3O2/c18-14(19)13-11-4-2-1-3-10(11)12(9-16-13)17-7-5-15-6-8-17/h1-4,9,15H,5-8H2,(H,18,19). The molecule has 98 valence electrons. The highest BCUT2D eigenvalue weighted by Crippen LogP contribution is 2.28. The monoisotopic (exact) mass is 257 g/mol. The van der Waals surface area contributed by atoms with E-state index < -0.39 is 5.97 Å². The number of carbonyl (C=O) groups is 1. The van der Waals surface area contributed by atoms with Crippen molar-refractivity contribution in [3.63, 3.8) is 0 Å². The molecule has 0 radical (unpaired) electrons. The zero-order chi connectivity index (χ0) is 13.2. The fraction of sp³-hybridized carbons (Fsp3) is 0.286.